The maximum absolute atomic E-state index is 12.5. The van der Waals surface area contributed by atoms with Gasteiger partial charge in [0.05, 0.1) is 23.8 Å². The van der Waals surface area contributed by atoms with Crippen LogP contribution in [0.3, 0.4) is 0 Å². The first-order valence-corrected chi connectivity index (χ1v) is 10.2. The highest BCUT2D eigenvalue weighted by Gasteiger charge is 2.38. The third kappa shape index (κ3) is 4.16. The number of carbonyl (C=O) groups is 3. The number of furan rings is 1. The maximum atomic E-state index is 12.5. The SMILES string of the molecule is CC(C)c1nc2cc(NC(=O)CC[C@@H]3NC(=O)N(Cc4ccco4)C3=O)ccc2n1C. The first kappa shape index (κ1) is 20.6. The molecule has 3 aromatic rings. The van der Waals surface area contributed by atoms with Crippen LogP contribution in [0.15, 0.2) is 41.0 Å². The van der Waals surface area contributed by atoms with E-state index in [1.165, 1.54) is 6.26 Å². The number of amides is 4. The van der Waals surface area contributed by atoms with Gasteiger partial charge >= 0.3 is 6.03 Å². The molecule has 9 heteroatoms. The first-order chi connectivity index (χ1) is 14.8. The van der Waals surface area contributed by atoms with Gasteiger partial charge in [0.25, 0.3) is 5.91 Å². The van der Waals surface area contributed by atoms with Crippen molar-refractivity contribution in [1.82, 2.24) is 19.8 Å². The predicted molar refractivity (Wildman–Crippen MR) is 114 cm³/mol. The van der Waals surface area contributed by atoms with E-state index < -0.39 is 12.1 Å². The molecule has 4 amide bonds. The second-order valence-corrected chi connectivity index (χ2v) is 7.98. The molecule has 1 aliphatic rings. The molecule has 9 nitrogen and oxygen atoms in total. The predicted octanol–water partition coefficient (Wildman–Crippen LogP) is 3.13. The molecule has 3 heterocycles. The van der Waals surface area contributed by atoms with Crippen molar-refractivity contribution in [3.63, 3.8) is 0 Å². The molecule has 1 saturated heterocycles. The van der Waals surface area contributed by atoms with Crippen LogP contribution in [0.4, 0.5) is 10.5 Å². The van der Waals surface area contributed by atoms with E-state index in [0.29, 0.717) is 17.4 Å². The smallest absolute Gasteiger partial charge is 0.325 e. The van der Waals surface area contributed by atoms with Gasteiger partial charge in [0.2, 0.25) is 5.91 Å². The number of imidazole rings is 1. The molecule has 1 fully saturated rings. The molecule has 1 aromatic carbocycles. The molecule has 2 aromatic heterocycles. The van der Waals surface area contributed by atoms with Crippen LogP contribution in [0.25, 0.3) is 11.0 Å². The summed E-state index contributed by atoms with van der Waals surface area (Å²) >= 11 is 0. The fraction of sp³-hybridized carbons (Fsp3) is 0.364. The lowest BCUT2D eigenvalue weighted by Crippen LogP contribution is -2.31. The highest BCUT2D eigenvalue weighted by Crippen LogP contribution is 2.23. The average molecular weight is 423 g/mol. The molecular formula is C22H25N5O4. The van der Waals surface area contributed by atoms with Gasteiger partial charge in [-0.3, -0.25) is 14.5 Å². The number of hydrogen-bond acceptors (Lipinski definition) is 5. The second kappa shape index (κ2) is 8.25. The van der Waals surface area contributed by atoms with Crippen molar-refractivity contribution in [2.75, 3.05) is 5.32 Å². The standard InChI is InChI=1S/C22H25N5O4/c1-13(2)20-24-17-11-14(6-8-18(17)26(20)3)23-19(28)9-7-16-21(29)27(22(30)25-16)12-15-5-4-10-31-15/h4-6,8,10-11,13,16H,7,9,12H2,1-3H3,(H,23,28)(H,25,30)/t16-/m0/s1. The Balaban J connectivity index is 1.35. The number of imide groups is 1. The van der Waals surface area contributed by atoms with Crippen LogP contribution in [0.5, 0.6) is 0 Å². The molecule has 0 bridgehead atoms. The fourth-order valence-corrected chi connectivity index (χ4v) is 3.79. The number of anilines is 1. The largest absolute Gasteiger partial charge is 0.467 e. The molecule has 1 atom stereocenters. The lowest BCUT2D eigenvalue weighted by Gasteiger charge is -2.11. The number of carbonyl (C=O) groups excluding carboxylic acids is 3. The van der Waals surface area contributed by atoms with Gasteiger partial charge in [0.15, 0.2) is 0 Å². The number of rotatable bonds is 7. The Hall–Kier alpha value is -3.62. The van der Waals surface area contributed by atoms with Crippen LogP contribution in [0.2, 0.25) is 0 Å². The molecule has 4 rings (SSSR count). The van der Waals surface area contributed by atoms with E-state index in [0.717, 1.165) is 21.8 Å². The van der Waals surface area contributed by atoms with Gasteiger partial charge in [-0.05, 0) is 36.8 Å². The Morgan fingerprint density at radius 2 is 2.10 bits per heavy atom. The third-order valence-corrected chi connectivity index (χ3v) is 5.38. The number of hydrogen-bond donors (Lipinski definition) is 2. The number of benzene rings is 1. The Labute approximate surface area is 179 Å². The van der Waals surface area contributed by atoms with Gasteiger partial charge in [-0.15, -0.1) is 0 Å². The Morgan fingerprint density at radius 1 is 1.29 bits per heavy atom. The minimum absolute atomic E-state index is 0.0722. The summed E-state index contributed by atoms with van der Waals surface area (Å²) in [5.41, 5.74) is 2.46. The van der Waals surface area contributed by atoms with Crippen LogP contribution in [-0.2, 0) is 23.2 Å². The van der Waals surface area contributed by atoms with Crippen molar-refractivity contribution >= 4 is 34.6 Å². The van der Waals surface area contributed by atoms with Crippen molar-refractivity contribution in [3.05, 3.63) is 48.2 Å². The van der Waals surface area contributed by atoms with Crippen molar-refractivity contribution in [2.45, 2.75) is 45.2 Å². The minimum Gasteiger partial charge on any atom is -0.467 e. The quantitative estimate of drug-likeness (QED) is 0.568. The molecule has 1 aliphatic heterocycles. The molecule has 0 radical (unpaired) electrons. The number of nitrogens with zero attached hydrogens (tertiary/aromatic N) is 3. The summed E-state index contributed by atoms with van der Waals surface area (Å²) in [6.45, 7) is 4.24. The lowest BCUT2D eigenvalue weighted by atomic mass is 10.1. The minimum atomic E-state index is -0.722. The Bertz CT molecular complexity index is 1130. The molecular weight excluding hydrogens is 398 g/mol. The van der Waals surface area contributed by atoms with Gasteiger partial charge in [0.1, 0.15) is 17.6 Å². The molecule has 0 aliphatic carbocycles. The normalized spacial score (nSPS) is 16.4. The van der Waals surface area contributed by atoms with Crippen LogP contribution >= 0.6 is 0 Å². The van der Waals surface area contributed by atoms with E-state index in [1.54, 1.807) is 12.1 Å². The van der Waals surface area contributed by atoms with Crippen molar-refractivity contribution in [2.24, 2.45) is 7.05 Å². The van der Waals surface area contributed by atoms with E-state index in [-0.39, 0.29) is 31.2 Å². The van der Waals surface area contributed by atoms with Crippen molar-refractivity contribution in [3.8, 4) is 0 Å². The van der Waals surface area contributed by atoms with E-state index in [1.807, 2.05) is 25.2 Å². The summed E-state index contributed by atoms with van der Waals surface area (Å²) in [5, 5.41) is 5.48. The molecule has 0 unspecified atom stereocenters. The van der Waals surface area contributed by atoms with Gasteiger partial charge in [-0.2, -0.15) is 0 Å². The highest BCUT2D eigenvalue weighted by molar-refractivity contribution is 6.04. The van der Waals surface area contributed by atoms with Crippen LogP contribution in [0.1, 0.15) is 44.2 Å². The Kier molecular flexibility index (Phi) is 5.50. The maximum Gasteiger partial charge on any atom is 0.325 e. The third-order valence-electron chi connectivity index (χ3n) is 5.38. The summed E-state index contributed by atoms with van der Waals surface area (Å²) in [5.74, 6) is 1.21. The average Bonchev–Trinajstić information content (AvgIpc) is 3.42. The Morgan fingerprint density at radius 3 is 2.81 bits per heavy atom. The zero-order valence-corrected chi connectivity index (χ0v) is 17.7. The molecule has 0 spiro atoms. The van der Waals surface area contributed by atoms with Gasteiger partial charge in [-0.25, -0.2) is 9.78 Å². The summed E-state index contributed by atoms with van der Waals surface area (Å²) in [6, 6.07) is 7.79. The lowest BCUT2D eigenvalue weighted by molar-refractivity contribution is -0.128. The first-order valence-electron chi connectivity index (χ1n) is 10.2. The van der Waals surface area contributed by atoms with E-state index >= 15 is 0 Å². The summed E-state index contributed by atoms with van der Waals surface area (Å²) < 4.78 is 7.25. The van der Waals surface area contributed by atoms with E-state index in [4.69, 9.17) is 4.42 Å². The number of fused-ring (bicyclic) bond motifs is 1. The number of aromatic nitrogens is 2. The van der Waals surface area contributed by atoms with Gasteiger partial charge < -0.3 is 19.6 Å². The molecule has 0 saturated carbocycles. The van der Waals surface area contributed by atoms with Crippen LogP contribution < -0.4 is 10.6 Å². The molecule has 31 heavy (non-hydrogen) atoms. The van der Waals surface area contributed by atoms with E-state index in [9.17, 15) is 14.4 Å². The second-order valence-electron chi connectivity index (χ2n) is 7.98. The van der Waals surface area contributed by atoms with Crippen molar-refractivity contribution in [1.29, 1.82) is 0 Å². The number of aryl methyl sites for hydroxylation is 1. The van der Waals surface area contributed by atoms with Crippen molar-refractivity contribution < 1.29 is 18.8 Å². The zero-order valence-electron chi connectivity index (χ0n) is 17.7. The summed E-state index contributed by atoms with van der Waals surface area (Å²) in [4.78, 5) is 42.8. The van der Waals surface area contributed by atoms with Gasteiger partial charge in [-0.1, -0.05) is 13.8 Å². The van der Waals surface area contributed by atoms with E-state index in [2.05, 4.69) is 34.0 Å². The molecule has 162 valence electrons. The summed E-state index contributed by atoms with van der Waals surface area (Å²) in [6.07, 6.45) is 1.80. The monoisotopic (exact) mass is 423 g/mol. The zero-order chi connectivity index (χ0) is 22.1. The number of nitrogens with one attached hydrogen (secondary N) is 2. The topological polar surface area (TPSA) is 109 Å². The van der Waals surface area contributed by atoms with Crippen LogP contribution in [0, 0.1) is 0 Å². The molecule has 2 N–H and O–H groups in total. The summed E-state index contributed by atoms with van der Waals surface area (Å²) in [7, 11) is 1.98. The highest BCUT2D eigenvalue weighted by atomic mass is 16.3. The van der Waals surface area contributed by atoms with Gasteiger partial charge in [0, 0.05) is 25.1 Å². The fourth-order valence-electron chi connectivity index (χ4n) is 3.79. The number of urea groups is 1. The van der Waals surface area contributed by atoms with Crippen LogP contribution in [-0.4, -0.2) is 38.3 Å².